The summed E-state index contributed by atoms with van der Waals surface area (Å²) < 4.78 is 36.0. The Bertz CT molecular complexity index is 1110. The zero-order valence-electron chi connectivity index (χ0n) is 16.9. The fraction of sp³-hybridized carbons (Fsp3) is 0.450. The number of pyridine rings is 1. The lowest BCUT2D eigenvalue weighted by atomic mass is 10.0. The van der Waals surface area contributed by atoms with E-state index in [0.717, 1.165) is 27.8 Å². The Hall–Kier alpha value is -1.94. The van der Waals surface area contributed by atoms with Gasteiger partial charge in [-0.05, 0) is 30.0 Å². The van der Waals surface area contributed by atoms with Gasteiger partial charge in [-0.2, -0.15) is 0 Å². The highest BCUT2D eigenvalue weighted by Crippen LogP contribution is 2.57. The average molecular weight is 462 g/mol. The largest absolute Gasteiger partial charge is 0.475 e. The predicted octanol–water partition coefficient (Wildman–Crippen LogP) is 4.44. The first-order valence-corrected chi connectivity index (χ1v) is 12.5. The van der Waals surface area contributed by atoms with E-state index >= 15 is 0 Å². The summed E-state index contributed by atoms with van der Waals surface area (Å²) >= 11 is 1.57. The molecule has 0 saturated carbocycles. The zero-order chi connectivity index (χ0) is 21.4. The van der Waals surface area contributed by atoms with E-state index in [9.17, 15) is 4.57 Å². The van der Waals surface area contributed by atoms with E-state index in [2.05, 4.69) is 21.9 Å². The summed E-state index contributed by atoms with van der Waals surface area (Å²) in [6.45, 7) is 2.55. The number of hydrogen-bond donors (Lipinski definition) is 1. The molecular weight excluding hydrogens is 439 g/mol. The molecule has 5 rings (SSSR count). The number of aromatic nitrogens is 3. The van der Waals surface area contributed by atoms with Crippen LogP contribution in [0, 0.1) is 5.92 Å². The van der Waals surface area contributed by atoms with Gasteiger partial charge in [0.25, 0.3) is 0 Å². The smallest absolute Gasteiger partial charge is 0.383 e. The molecule has 0 radical (unpaired) electrons. The molecule has 31 heavy (non-hydrogen) atoms. The summed E-state index contributed by atoms with van der Waals surface area (Å²) in [4.78, 5) is 13.5. The minimum absolute atomic E-state index is 0.127. The van der Waals surface area contributed by atoms with E-state index in [1.165, 1.54) is 6.33 Å². The molecule has 2 aliphatic heterocycles. The number of thiophene rings is 1. The van der Waals surface area contributed by atoms with Gasteiger partial charge in [-0.1, -0.05) is 6.92 Å². The van der Waals surface area contributed by atoms with Crippen molar-refractivity contribution in [1.82, 2.24) is 15.0 Å². The lowest BCUT2D eigenvalue weighted by molar-refractivity contribution is -0.0167. The van der Waals surface area contributed by atoms with Crippen LogP contribution >= 0.6 is 19.2 Å². The van der Waals surface area contributed by atoms with Crippen molar-refractivity contribution >= 4 is 35.9 Å². The minimum atomic E-state index is -3.67. The SMILES string of the molecule is C[C@H]1C[C@@H](CO[P@@]2(=O)OCC[C@@H](c3ccncc3)O2)O[C@H]1c1scc2c(N)ncnc12. The number of nitrogens with zero attached hydrogens (tertiary/aromatic N) is 3. The predicted molar refractivity (Wildman–Crippen MR) is 115 cm³/mol. The highest BCUT2D eigenvalue weighted by atomic mass is 32.1. The van der Waals surface area contributed by atoms with Crippen molar-refractivity contribution in [3.63, 3.8) is 0 Å². The van der Waals surface area contributed by atoms with Gasteiger partial charge < -0.3 is 10.5 Å². The van der Waals surface area contributed by atoms with Crippen LogP contribution in [0.5, 0.6) is 0 Å². The second-order valence-electron chi connectivity index (χ2n) is 7.75. The Morgan fingerprint density at radius 3 is 3.00 bits per heavy atom. The molecule has 0 spiro atoms. The van der Waals surface area contributed by atoms with E-state index in [0.29, 0.717) is 18.8 Å². The molecule has 2 N–H and O–H groups in total. The maximum atomic E-state index is 13.0. The number of nitrogen functional groups attached to an aromatic ring is 1. The molecule has 0 aromatic carbocycles. The first kappa shape index (κ1) is 20.9. The molecule has 2 aliphatic rings. The van der Waals surface area contributed by atoms with E-state index in [4.69, 9.17) is 24.0 Å². The van der Waals surface area contributed by atoms with Crippen molar-refractivity contribution < 1.29 is 22.9 Å². The number of fused-ring (bicyclic) bond motifs is 1. The summed E-state index contributed by atoms with van der Waals surface area (Å²) in [6, 6.07) is 3.68. The van der Waals surface area contributed by atoms with Crippen LogP contribution in [0.4, 0.5) is 5.82 Å². The van der Waals surface area contributed by atoms with Crippen LogP contribution in [0.1, 0.15) is 42.4 Å². The Kier molecular flexibility index (Phi) is 5.76. The molecule has 5 atom stereocenters. The fourth-order valence-electron chi connectivity index (χ4n) is 4.02. The number of anilines is 1. The van der Waals surface area contributed by atoms with Crippen LogP contribution in [-0.2, 0) is 22.9 Å². The summed E-state index contributed by atoms with van der Waals surface area (Å²) in [6.07, 6.45) is 5.49. The van der Waals surface area contributed by atoms with Crippen molar-refractivity contribution in [2.24, 2.45) is 5.92 Å². The minimum Gasteiger partial charge on any atom is -0.383 e. The lowest BCUT2D eigenvalue weighted by Gasteiger charge is -2.29. The lowest BCUT2D eigenvalue weighted by Crippen LogP contribution is -2.19. The molecule has 0 amide bonds. The van der Waals surface area contributed by atoms with Crippen molar-refractivity contribution in [3.8, 4) is 0 Å². The van der Waals surface area contributed by atoms with Gasteiger partial charge in [0.15, 0.2) is 0 Å². The van der Waals surface area contributed by atoms with Gasteiger partial charge in [0.1, 0.15) is 12.1 Å². The van der Waals surface area contributed by atoms with E-state index in [-0.39, 0.29) is 30.8 Å². The topological polar surface area (TPSA) is 119 Å². The van der Waals surface area contributed by atoms with E-state index in [1.807, 2.05) is 17.5 Å². The Balaban J connectivity index is 1.24. The van der Waals surface area contributed by atoms with Crippen LogP contribution in [0.25, 0.3) is 10.9 Å². The van der Waals surface area contributed by atoms with Gasteiger partial charge in [0, 0.05) is 24.2 Å². The number of ether oxygens (including phenoxy) is 1. The number of nitrogens with two attached hydrogens (primary N) is 1. The highest BCUT2D eigenvalue weighted by Gasteiger charge is 2.40. The van der Waals surface area contributed by atoms with E-state index in [1.54, 1.807) is 23.7 Å². The summed E-state index contributed by atoms with van der Waals surface area (Å²) in [5.74, 6) is 0.705. The number of phosphoric ester groups is 1. The van der Waals surface area contributed by atoms with Crippen molar-refractivity contribution in [3.05, 3.63) is 46.7 Å². The van der Waals surface area contributed by atoms with Crippen LogP contribution in [0.2, 0.25) is 0 Å². The Morgan fingerprint density at radius 1 is 1.32 bits per heavy atom. The summed E-state index contributed by atoms with van der Waals surface area (Å²) in [5.41, 5.74) is 7.68. The second kappa shape index (κ2) is 8.54. The Labute approximate surface area is 183 Å². The van der Waals surface area contributed by atoms with E-state index < -0.39 is 7.82 Å². The maximum absolute atomic E-state index is 13.0. The van der Waals surface area contributed by atoms with Crippen molar-refractivity contribution in [2.45, 2.75) is 38.1 Å². The van der Waals surface area contributed by atoms with Crippen LogP contribution in [0.15, 0.2) is 36.2 Å². The molecule has 0 unspecified atom stereocenters. The molecule has 2 fully saturated rings. The van der Waals surface area contributed by atoms with Crippen LogP contribution < -0.4 is 5.73 Å². The quantitative estimate of drug-likeness (QED) is 0.549. The van der Waals surface area contributed by atoms with Gasteiger partial charge in [-0.3, -0.25) is 18.6 Å². The average Bonchev–Trinajstić information content (AvgIpc) is 3.37. The van der Waals surface area contributed by atoms with Crippen molar-refractivity contribution in [1.29, 1.82) is 0 Å². The maximum Gasteiger partial charge on any atom is 0.475 e. The molecule has 9 nitrogen and oxygen atoms in total. The first-order valence-electron chi connectivity index (χ1n) is 10.1. The molecule has 164 valence electrons. The summed E-state index contributed by atoms with van der Waals surface area (Å²) in [7, 11) is -3.67. The Morgan fingerprint density at radius 2 is 2.16 bits per heavy atom. The molecule has 11 heteroatoms. The standard InChI is InChI=1S/C20H23N4O5PS/c1-12-8-14(28-18(12)19-17-15(10-31-19)20(21)24-11-23-17)9-27-30(25)26-7-4-16(29-30)13-2-5-22-6-3-13/h2-3,5-6,10-12,14,16,18H,4,7-9H2,1H3,(H2,21,23,24)/t12-,14-,16-,18+,30+/m0/s1. The highest BCUT2D eigenvalue weighted by molar-refractivity contribution is 7.48. The summed E-state index contributed by atoms with van der Waals surface area (Å²) in [5, 5.41) is 2.80. The second-order valence-corrected chi connectivity index (χ2v) is 10.3. The monoisotopic (exact) mass is 462 g/mol. The van der Waals surface area contributed by atoms with Gasteiger partial charge in [-0.15, -0.1) is 11.3 Å². The first-order chi connectivity index (χ1) is 15.0. The van der Waals surface area contributed by atoms with Crippen LogP contribution in [-0.4, -0.2) is 34.3 Å². The van der Waals surface area contributed by atoms with Gasteiger partial charge in [-0.25, -0.2) is 14.5 Å². The van der Waals surface area contributed by atoms with Gasteiger partial charge in [0.2, 0.25) is 0 Å². The fourth-order valence-corrected chi connectivity index (χ4v) is 6.61. The number of rotatable bonds is 5. The molecule has 5 heterocycles. The van der Waals surface area contributed by atoms with Crippen molar-refractivity contribution in [2.75, 3.05) is 18.9 Å². The third-order valence-electron chi connectivity index (χ3n) is 5.58. The molecular formula is C20H23N4O5PS. The molecule has 0 bridgehead atoms. The van der Waals surface area contributed by atoms with Gasteiger partial charge in [0.05, 0.1) is 47.3 Å². The third-order valence-corrected chi connectivity index (χ3v) is 8.09. The number of hydrogen-bond acceptors (Lipinski definition) is 10. The molecule has 2 saturated heterocycles. The molecule has 0 aliphatic carbocycles. The molecule has 3 aromatic rings. The normalized spacial score (nSPS) is 31.3. The van der Waals surface area contributed by atoms with Crippen LogP contribution in [0.3, 0.4) is 0 Å². The molecule has 3 aromatic heterocycles. The zero-order valence-corrected chi connectivity index (χ0v) is 18.6. The number of phosphoric acid groups is 1. The third kappa shape index (κ3) is 4.24. The van der Waals surface area contributed by atoms with Gasteiger partial charge >= 0.3 is 7.82 Å².